The number of nitrogens with zero attached hydrogens (tertiary/aromatic N) is 2. The summed E-state index contributed by atoms with van der Waals surface area (Å²) < 4.78 is 13.5. The molecule has 3 amide bonds. The van der Waals surface area contributed by atoms with Gasteiger partial charge in [-0.05, 0) is 54.7 Å². The van der Waals surface area contributed by atoms with Crippen molar-refractivity contribution < 1.29 is 19.1 Å². The zero-order valence-electron chi connectivity index (χ0n) is 19.6. The van der Waals surface area contributed by atoms with Crippen LogP contribution in [0.1, 0.15) is 49.1 Å². The molecule has 3 fully saturated rings. The first-order valence-electron chi connectivity index (χ1n) is 12.4. The summed E-state index contributed by atoms with van der Waals surface area (Å²) >= 11 is 0. The van der Waals surface area contributed by atoms with Crippen molar-refractivity contribution in [3.8, 4) is 11.8 Å². The lowest BCUT2D eigenvalue weighted by atomic mass is 9.73. The molecule has 7 heteroatoms. The Balaban J connectivity index is 1.26. The van der Waals surface area contributed by atoms with Crippen LogP contribution in [0, 0.1) is 23.6 Å². The minimum atomic E-state index is -0.444. The average Bonchev–Trinajstić information content (AvgIpc) is 3.35. The quantitative estimate of drug-likeness (QED) is 0.658. The molecule has 2 aromatic carbocycles. The number of urea groups is 1. The molecule has 5 rings (SSSR count). The Hall–Kier alpha value is -3.37. The Morgan fingerprint density at radius 1 is 1.14 bits per heavy atom. The number of benzene rings is 2. The molecule has 0 aromatic heterocycles. The summed E-state index contributed by atoms with van der Waals surface area (Å²) in [6.45, 7) is 0.138. The lowest BCUT2D eigenvalue weighted by Crippen LogP contribution is -2.73. The summed E-state index contributed by atoms with van der Waals surface area (Å²) in [5, 5.41) is 12.7. The Kier molecular flexibility index (Phi) is 6.74. The van der Waals surface area contributed by atoms with E-state index in [1.54, 1.807) is 11.0 Å². The van der Waals surface area contributed by atoms with E-state index in [0.717, 1.165) is 23.5 Å². The van der Waals surface area contributed by atoms with Crippen molar-refractivity contribution in [2.24, 2.45) is 5.92 Å². The molecule has 0 radical (unpaired) electrons. The van der Waals surface area contributed by atoms with Gasteiger partial charge in [-0.1, -0.05) is 42.9 Å². The summed E-state index contributed by atoms with van der Waals surface area (Å²) in [6.07, 6.45) is 6.15. The Labute approximate surface area is 205 Å². The van der Waals surface area contributed by atoms with Crippen molar-refractivity contribution in [1.29, 1.82) is 0 Å². The van der Waals surface area contributed by atoms with E-state index in [0.29, 0.717) is 12.2 Å². The molecule has 2 heterocycles. The molecule has 3 aliphatic rings. The predicted molar refractivity (Wildman–Crippen MR) is 131 cm³/mol. The van der Waals surface area contributed by atoms with Crippen LogP contribution in [-0.4, -0.2) is 58.6 Å². The first-order chi connectivity index (χ1) is 17.0. The van der Waals surface area contributed by atoms with Crippen molar-refractivity contribution in [1.82, 2.24) is 9.80 Å². The number of aliphatic hydroxyl groups excluding tert-OH is 1. The van der Waals surface area contributed by atoms with Crippen LogP contribution >= 0.6 is 0 Å². The number of halogens is 1. The van der Waals surface area contributed by atoms with Gasteiger partial charge in [0.15, 0.2) is 0 Å². The van der Waals surface area contributed by atoms with Gasteiger partial charge in [0.25, 0.3) is 0 Å². The fourth-order valence-corrected chi connectivity index (χ4v) is 5.72. The molecular weight excluding hydrogens is 445 g/mol. The third kappa shape index (κ3) is 4.89. The number of rotatable bonds is 4. The first kappa shape index (κ1) is 23.4. The second kappa shape index (κ2) is 10.1. The first-order valence-corrected chi connectivity index (χ1v) is 12.4. The molecule has 3 atom stereocenters. The molecule has 1 aliphatic carbocycles. The molecule has 1 saturated carbocycles. The van der Waals surface area contributed by atoms with Crippen LogP contribution in [0.25, 0.3) is 0 Å². The smallest absolute Gasteiger partial charge is 0.322 e. The van der Waals surface area contributed by atoms with Crippen LogP contribution in [0.4, 0.5) is 14.9 Å². The van der Waals surface area contributed by atoms with E-state index in [-0.39, 0.29) is 37.1 Å². The van der Waals surface area contributed by atoms with Gasteiger partial charge >= 0.3 is 6.03 Å². The third-order valence-corrected chi connectivity index (χ3v) is 7.51. The average molecular weight is 476 g/mol. The second-order valence-corrected chi connectivity index (χ2v) is 9.74. The molecule has 2 N–H and O–H groups in total. The number of nitrogens with one attached hydrogen (secondary N) is 1. The SMILES string of the molecule is O=C(Nc1cccc(F)c1)N1CC(=O)N2[C@H](CO)[C@@H](c3ccc(C#CCC4CCCC4)cc3)[C@H]2C1. The zero-order chi connectivity index (χ0) is 24.4. The van der Waals surface area contributed by atoms with E-state index in [2.05, 4.69) is 17.2 Å². The fourth-order valence-electron chi connectivity index (χ4n) is 5.72. The molecule has 6 nitrogen and oxygen atoms in total. The van der Waals surface area contributed by atoms with E-state index in [1.165, 1.54) is 48.8 Å². The standard InChI is InChI=1S/C28H30FN3O3/c29-22-9-4-10-23(15-22)30-28(35)31-16-24-27(25(18-33)32(24)26(34)17-31)21-13-11-20(12-14-21)8-3-7-19-5-1-2-6-19/h4,9-15,19,24-25,27,33H,1-2,5-7,16-18H2,(H,30,35)/t24-,25-,27+/m1/s1. The monoisotopic (exact) mass is 475 g/mol. The largest absolute Gasteiger partial charge is 0.394 e. The molecule has 2 saturated heterocycles. The van der Waals surface area contributed by atoms with Crippen molar-refractivity contribution in [3.05, 3.63) is 65.5 Å². The van der Waals surface area contributed by atoms with Crippen molar-refractivity contribution >= 4 is 17.6 Å². The van der Waals surface area contributed by atoms with E-state index < -0.39 is 11.8 Å². The van der Waals surface area contributed by atoms with E-state index in [1.807, 2.05) is 24.3 Å². The summed E-state index contributed by atoms with van der Waals surface area (Å²) in [7, 11) is 0. The van der Waals surface area contributed by atoms with Gasteiger partial charge in [0.1, 0.15) is 12.4 Å². The minimum absolute atomic E-state index is 0.0730. The van der Waals surface area contributed by atoms with Crippen molar-refractivity contribution in [2.75, 3.05) is 25.0 Å². The van der Waals surface area contributed by atoms with Crippen LogP contribution in [-0.2, 0) is 4.79 Å². The summed E-state index contributed by atoms with van der Waals surface area (Å²) in [4.78, 5) is 28.8. The molecular formula is C28H30FN3O3. The second-order valence-electron chi connectivity index (χ2n) is 9.74. The number of hydrogen-bond acceptors (Lipinski definition) is 3. The van der Waals surface area contributed by atoms with Gasteiger partial charge in [0, 0.05) is 30.1 Å². The predicted octanol–water partition coefficient (Wildman–Crippen LogP) is 3.96. The maximum atomic E-state index is 13.5. The summed E-state index contributed by atoms with van der Waals surface area (Å²) in [5.74, 6) is 6.60. The van der Waals surface area contributed by atoms with Gasteiger partial charge in [-0.15, -0.1) is 0 Å². The number of aliphatic hydroxyl groups is 1. The van der Waals surface area contributed by atoms with Crippen LogP contribution < -0.4 is 5.32 Å². The number of anilines is 1. The molecule has 2 aliphatic heterocycles. The molecule has 35 heavy (non-hydrogen) atoms. The summed E-state index contributed by atoms with van der Waals surface area (Å²) in [6, 6.07) is 12.7. The minimum Gasteiger partial charge on any atom is -0.394 e. The van der Waals surface area contributed by atoms with E-state index >= 15 is 0 Å². The third-order valence-electron chi connectivity index (χ3n) is 7.51. The number of piperazine rings is 1. The van der Waals surface area contributed by atoms with Gasteiger partial charge < -0.3 is 20.2 Å². The van der Waals surface area contributed by atoms with Crippen LogP contribution in [0.3, 0.4) is 0 Å². The maximum absolute atomic E-state index is 13.5. The van der Waals surface area contributed by atoms with Crippen LogP contribution in [0.15, 0.2) is 48.5 Å². The van der Waals surface area contributed by atoms with Gasteiger partial charge in [0.05, 0.1) is 18.7 Å². The topological polar surface area (TPSA) is 72.9 Å². The number of carbonyl (C=O) groups is 2. The Morgan fingerprint density at radius 3 is 2.63 bits per heavy atom. The molecule has 0 unspecified atom stereocenters. The van der Waals surface area contributed by atoms with Gasteiger partial charge in [-0.2, -0.15) is 0 Å². The van der Waals surface area contributed by atoms with Gasteiger partial charge in [-0.3, -0.25) is 4.79 Å². The normalized spacial score (nSPS) is 23.8. The lowest BCUT2D eigenvalue weighted by molar-refractivity contribution is -0.159. The number of amides is 3. The maximum Gasteiger partial charge on any atom is 0.322 e. The van der Waals surface area contributed by atoms with Crippen LogP contribution in [0.5, 0.6) is 0 Å². The molecule has 2 aromatic rings. The van der Waals surface area contributed by atoms with Crippen LogP contribution in [0.2, 0.25) is 0 Å². The highest BCUT2D eigenvalue weighted by atomic mass is 19.1. The number of fused-ring (bicyclic) bond motifs is 1. The lowest BCUT2D eigenvalue weighted by Gasteiger charge is -2.58. The molecule has 0 bridgehead atoms. The number of hydrogen-bond donors (Lipinski definition) is 2. The number of carbonyl (C=O) groups excluding carboxylic acids is 2. The van der Waals surface area contributed by atoms with Crippen molar-refractivity contribution in [2.45, 2.75) is 50.1 Å². The van der Waals surface area contributed by atoms with E-state index in [4.69, 9.17) is 0 Å². The highest BCUT2D eigenvalue weighted by molar-refractivity contribution is 5.93. The summed E-state index contributed by atoms with van der Waals surface area (Å²) in [5.41, 5.74) is 2.32. The van der Waals surface area contributed by atoms with E-state index in [9.17, 15) is 19.1 Å². The van der Waals surface area contributed by atoms with Gasteiger partial charge in [-0.25, -0.2) is 9.18 Å². The zero-order valence-corrected chi connectivity index (χ0v) is 19.6. The molecule has 0 spiro atoms. The molecule has 182 valence electrons. The Bertz CT molecular complexity index is 1150. The highest BCUT2D eigenvalue weighted by Gasteiger charge is 2.54. The van der Waals surface area contributed by atoms with Crippen molar-refractivity contribution in [3.63, 3.8) is 0 Å². The van der Waals surface area contributed by atoms with Gasteiger partial charge in [0.2, 0.25) is 5.91 Å². The Morgan fingerprint density at radius 2 is 1.91 bits per heavy atom. The highest BCUT2D eigenvalue weighted by Crippen LogP contribution is 2.43. The fraction of sp³-hybridized carbons (Fsp3) is 0.429.